The van der Waals surface area contributed by atoms with Crippen LogP contribution in [0.5, 0.6) is 0 Å². The van der Waals surface area contributed by atoms with Crippen LogP contribution in [-0.2, 0) is 17.8 Å². The van der Waals surface area contributed by atoms with E-state index in [1.165, 1.54) is 12.8 Å². The SMILES string of the molecule is CCn1cc2c(n1)[C@H](COCC1CC1)CN(C(=O)c1cc(C)on1)C2. The van der Waals surface area contributed by atoms with Crippen LogP contribution < -0.4 is 0 Å². The zero-order valence-corrected chi connectivity index (χ0v) is 14.8. The van der Waals surface area contributed by atoms with Gasteiger partial charge in [0.1, 0.15) is 5.76 Å². The zero-order chi connectivity index (χ0) is 17.4. The monoisotopic (exact) mass is 344 g/mol. The lowest BCUT2D eigenvalue weighted by molar-refractivity contribution is 0.0617. The molecule has 134 valence electrons. The molecule has 0 aromatic carbocycles. The summed E-state index contributed by atoms with van der Waals surface area (Å²) in [7, 11) is 0. The minimum atomic E-state index is -0.0982. The van der Waals surface area contributed by atoms with E-state index in [1.54, 1.807) is 13.0 Å². The van der Waals surface area contributed by atoms with E-state index in [9.17, 15) is 4.79 Å². The number of carbonyl (C=O) groups is 1. The van der Waals surface area contributed by atoms with Crippen molar-refractivity contribution in [2.45, 2.75) is 45.7 Å². The first-order chi connectivity index (χ1) is 12.1. The average Bonchev–Trinajstić information content (AvgIpc) is 3.17. The number of hydrogen-bond donors (Lipinski definition) is 0. The third-order valence-corrected chi connectivity index (χ3v) is 4.89. The summed E-state index contributed by atoms with van der Waals surface area (Å²) < 4.78 is 12.9. The first-order valence-corrected chi connectivity index (χ1v) is 9.00. The van der Waals surface area contributed by atoms with Gasteiger partial charge in [-0.2, -0.15) is 5.10 Å². The number of amides is 1. The van der Waals surface area contributed by atoms with Gasteiger partial charge in [0, 0.05) is 50.0 Å². The number of aryl methyl sites for hydroxylation is 2. The number of fused-ring (bicyclic) bond motifs is 1. The van der Waals surface area contributed by atoms with Crippen LogP contribution in [0.1, 0.15) is 53.2 Å². The van der Waals surface area contributed by atoms with E-state index in [4.69, 9.17) is 14.4 Å². The minimum Gasteiger partial charge on any atom is -0.380 e. The largest absolute Gasteiger partial charge is 0.380 e. The van der Waals surface area contributed by atoms with Gasteiger partial charge in [0.15, 0.2) is 5.69 Å². The molecule has 0 saturated heterocycles. The van der Waals surface area contributed by atoms with Crippen molar-refractivity contribution in [2.24, 2.45) is 5.92 Å². The highest BCUT2D eigenvalue weighted by atomic mass is 16.5. The fourth-order valence-electron chi connectivity index (χ4n) is 3.30. The number of rotatable bonds is 6. The lowest BCUT2D eigenvalue weighted by Gasteiger charge is -2.31. The Kier molecular flexibility index (Phi) is 4.33. The Labute approximate surface area is 146 Å². The second-order valence-corrected chi connectivity index (χ2v) is 7.08. The third kappa shape index (κ3) is 3.46. The molecule has 4 rings (SSSR count). The smallest absolute Gasteiger partial charge is 0.276 e. The lowest BCUT2D eigenvalue weighted by atomic mass is 9.97. The summed E-state index contributed by atoms with van der Waals surface area (Å²) in [6.07, 6.45) is 4.59. The van der Waals surface area contributed by atoms with Crippen molar-refractivity contribution >= 4 is 5.91 Å². The van der Waals surface area contributed by atoms with E-state index in [0.717, 1.165) is 30.3 Å². The highest BCUT2D eigenvalue weighted by Gasteiger charge is 2.33. The van der Waals surface area contributed by atoms with Gasteiger partial charge in [-0.3, -0.25) is 9.48 Å². The quantitative estimate of drug-likeness (QED) is 0.804. The van der Waals surface area contributed by atoms with E-state index >= 15 is 0 Å². The first kappa shape index (κ1) is 16.3. The van der Waals surface area contributed by atoms with Gasteiger partial charge in [-0.1, -0.05) is 5.16 Å². The predicted octanol–water partition coefficient (Wildman–Crippen LogP) is 2.37. The van der Waals surface area contributed by atoms with Crippen LogP contribution in [0.2, 0.25) is 0 Å². The molecule has 2 aromatic rings. The molecule has 1 fully saturated rings. The molecule has 0 spiro atoms. The molecule has 1 amide bonds. The molecule has 0 bridgehead atoms. The van der Waals surface area contributed by atoms with Gasteiger partial charge in [-0.15, -0.1) is 0 Å². The Balaban J connectivity index is 1.52. The maximum absolute atomic E-state index is 12.8. The van der Waals surface area contributed by atoms with Gasteiger partial charge in [0.2, 0.25) is 0 Å². The zero-order valence-electron chi connectivity index (χ0n) is 14.8. The van der Waals surface area contributed by atoms with Crippen LogP contribution in [0.4, 0.5) is 0 Å². The number of ether oxygens (including phenoxy) is 1. The molecule has 2 aromatic heterocycles. The van der Waals surface area contributed by atoms with E-state index in [1.807, 2.05) is 15.8 Å². The van der Waals surface area contributed by atoms with E-state index in [0.29, 0.717) is 31.2 Å². The lowest BCUT2D eigenvalue weighted by Crippen LogP contribution is -2.39. The summed E-state index contributed by atoms with van der Waals surface area (Å²) in [5.74, 6) is 1.38. The van der Waals surface area contributed by atoms with E-state index in [-0.39, 0.29) is 11.8 Å². The molecule has 7 heteroatoms. The Morgan fingerprint density at radius 1 is 1.40 bits per heavy atom. The molecule has 7 nitrogen and oxygen atoms in total. The van der Waals surface area contributed by atoms with Crippen molar-refractivity contribution in [3.63, 3.8) is 0 Å². The summed E-state index contributed by atoms with van der Waals surface area (Å²) in [6.45, 7) is 7.25. The maximum Gasteiger partial charge on any atom is 0.276 e. The van der Waals surface area contributed by atoms with E-state index < -0.39 is 0 Å². The fraction of sp³-hybridized carbons (Fsp3) is 0.611. The predicted molar refractivity (Wildman–Crippen MR) is 90.2 cm³/mol. The molecule has 2 aliphatic rings. The van der Waals surface area contributed by atoms with Crippen LogP contribution in [0.15, 0.2) is 16.8 Å². The molecule has 1 atom stereocenters. The molecule has 1 saturated carbocycles. The van der Waals surface area contributed by atoms with Gasteiger partial charge in [-0.05, 0) is 32.6 Å². The standard InChI is InChI=1S/C18H24N4O3/c1-3-22-9-14-7-21(18(23)16-6-12(2)25-20-16)8-15(17(14)19-22)11-24-10-13-4-5-13/h6,9,13,15H,3-5,7-8,10-11H2,1-2H3/t15-/m0/s1. The number of aromatic nitrogens is 3. The molecular formula is C18H24N4O3. The van der Waals surface area contributed by atoms with Crippen molar-refractivity contribution in [3.05, 3.63) is 35.0 Å². The van der Waals surface area contributed by atoms with Crippen molar-refractivity contribution in [3.8, 4) is 0 Å². The molecule has 1 aliphatic carbocycles. The summed E-state index contributed by atoms with van der Waals surface area (Å²) in [5.41, 5.74) is 2.53. The molecule has 1 aliphatic heterocycles. The Bertz CT molecular complexity index is 762. The van der Waals surface area contributed by atoms with Crippen LogP contribution in [0, 0.1) is 12.8 Å². The number of hydrogen-bond acceptors (Lipinski definition) is 5. The molecule has 0 unspecified atom stereocenters. The van der Waals surface area contributed by atoms with Gasteiger partial charge in [0.25, 0.3) is 5.91 Å². The average molecular weight is 344 g/mol. The van der Waals surface area contributed by atoms with Gasteiger partial charge in [-0.25, -0.2) is 0 Å². The summed E-state index contributed by atoms with van der Waals surface area (Å²) in [6, 6.07) is 1.69. The molecule has 0 radical (unpaired) electrons. The van der Waals surface area contributed by atoms with Crippen LogP contribution in [0.3, 0.4) is 0 Å². The molecule has 3 heterocycles. The number of carbonyl (C=O) groups excluding carboxylic acids is 1. The molecular weight excluding hydrogens is 320 g/mol. The van der Waals surface area contributed by atoms with Gasteiger partial charge >= 0.3 is 0 Å². The maximum atomic E-state index is 12.8. The minimum absolute atomic E-state index is 0.0982. The highest BCUT2D eigenvalue weighted by molar-refractivity contribution is 5.92. The topological polar surface area (TPSA) is 73.4 Å². The Hall–Kier alpha value is -2.15. The Morgan fingerprint density at radius 2 is 2.24 bits per heavy atom. The van der Waals surface area contributed by atoms with Crippen molar-refractivity contribution in [2.75, 3.05) is 19.8 Å². The first-order valence-electron chi connectivity index (χ1n) is 9.00. The summed E-state index contributed by atoms with van der Waals surface area (Å²) in [5, 5.41) is 8.57. The summed E-state index contributed by atoms with van der Waals surface area (Å²) >= 11 is 0. The van der Waals surface area contributed by atoms with Crippen molar-refractivity contribution < 1.29 is 14.1 Å². The highest BCUT2D eigenvalue weighted by Crippen LogP contribution is 2.31. The fourth-order valence-corrected chi connectivity index (χ4v) is 3.30. The number of nitrogens with zero attached hydrogens (tertiary/aromatic N) is 4. The molecule has 25 heavy (non-hydrogen) atoms. The van der Waals surface area contributed by atoms with Crippen LogP contribution in [0.25, 0.3) is 0 Å². The van der Waals surface area contributed by atoms with Crippen LogP contribution in [-0.4, -0.2) is 45.5 Å². The van der Waals surface area contributed by atoms with Gasteiger partial charge < -0.3 is 14.2 Å². The Morgan fingerprint density at radius 3 is 2.92 bits per heavy atom. The van der Waals surface area contributed by atoms with Gasteiger partial charge in [0.05, 0.1) is 12.3 Å². The normalized spacial score (nSPS) is 19.9. The van der Waals surface area contributed by atoms with Crippen molar-refractivity contribution in [1.82, 2.24) is 19.8 Å². The third-order valence-electron chi connectivity index (χ3n) is 4.89. The van der Waals surface area contributed by atoms with Crippen molar-refractivity contribution in [1.29, 1.82) is 0 Å². The summed E-state index contributed by atoms with van der Waals surface area (Å²) in [4.78, 5) is 14.6. The molecule has 0 N–H and O–H groups in total. The van der Waals surface area contributed by atoms with E-state index in [2.05, 4.69) is 12.1 Å². The second kappa shape index (κ2) is 6.63. The second-order valence-electron chi connectivity index (χ2n) is 7.08. The van der Waals surface area contributed by atoms with Crippen LogP contribution >= 0.6 is 0 Å².